The number of ketones is 1. The summed E-state index contributed by atoms with van der Waals surface area (Å²) in [5.74, 6) is -2.82. The molecule has 0 aliphatic heterocycles. The second kappa shape index (κ2) is 2.11. The summed E-state index contributed by atoms with van der Waals surface area (Å²) in [6, 6.07) is 0. The van der Waals surface area contributed by atoms with Crippen LogP contribution in [0, 0.1) is 23.2 Å². The Bertz CT molecular complexity index is 373. The molecule has 0 aromatic rings. The summed E-state index contributed by atoms with van der Waals surface area (Å²) in [7, 11) is 0. The number of aliphatic hydroxyl groups excluding tert-OH is 1. The lowest BCUT2D eigenvalue weighted by Crippen LogP contribution is -2.31. The first-order valence-corrected chi connectivity index (χ1v) is 4.16. The van der Waals surface area contributed by atoms with Crippen LogP contribution in [0.15, 0.2) is 0 Å². The maximum Gasteiger partial charge on any atom is 0.164 e. The highest BCUT2D eigenvalue weighted by molar-refractivity contribution is 5.90. The third-order valence-electron chi connectivity index (χ3n) is 3.47. The normalized spacial score (nSPS) is 60.9. The second-order valence-corrected chi connectivity index (χ2v) is 3.95. The Hall–Kier alpha value is -0.370. The zero-order chi connectivity index (χ0) is 14.1. The predicted octanol–water partition coefficient (Wildman–Crippen LogP) is 1.23. The molecule has 2 aliphatic carbocycles. The lowest BCUT2D eigenvalue weighted by atomic mass is 9.87. The van der Waals surface area contributed by atoms with E-state index in [9.17, 15) is 9.90 Å². The van der Waals surface area contributed by atoms with Gasteiger partial charge in [0.15, 0.2) is 5.78 Å². The van der Waals surface area contributed by atoms with E-state index in [1.165, 1.54) is 0 Å². The molecule has 2 saturated carbocycles. The van der Waals surface area contributed by atoms with Gasteiger partial charge in [-0.25, -0.2) is 0 Å². The van der Waals surface area contributed by atoms with Crippen LogP contribution in [0.25, 0.3) is 0 Å². The summed E-state index contributed by atoms with van der Waals surface area (Å²) < 4.78 is 44.6. The third kappa shape index (κ3) is 0.674. The summed E-state index contributed by atoms with van der Waals surface area (Å²) >= 11 is 0. The summed E-state index contributed by atoms with van der Waals surface area (Å²) in [4.78, 5) is 11.7. The average Bonchev–Trinajstić information content (AvgIpc) is 2.81. The van der Waals surface area contributed by atoms with E-state index in [1.807, 2.05) is 0 Å². The van der Waals surface area contributed by atoms with Gasteiger partial charge in [-0.15, -0.1) is 0 Å². The molecule has 12 heavy (non-hydrogen) atoms. The molecule has 0 spiro atoms. The number of hydrogen-bond donors (Lipinski definition) is 1. The molecule has 0 heterocycles. The Morgan fingerprint density at radius 1 is 1.75 bits per heavy atom. The quantitative estimate of drug-likeness (QED) is 0.649. The van der Waals surface area contributed by atoms with Gasteiger partial charge in [0.2, 0.25) is 0 Å². The molecule has 2 nitrogen and oxygen atoms in total. The molecule has 0 radical (unpaired) electrons. The highest BCUT2D eigenvalue weighted by Crippen LogP contribution is 2.68. The van der Waals surface area contributed by atoms with E-state index in [-0.39, 0.29) is 5.92 Å². The van der Waals surface area contributed by atoms with Gasteiger partial charge in [-0.05, 0) is 18.3 Å². The first-order chi connectivity index (χ1) is 7.94. The minimum Gasteiger partial charge on any atom is -0.385 e. The van der Waals surface area contributed by atoms with Crippen LogP contribution in [0.5, 0.6) is 0 Å². The molecule has 0 aromatic carbocycles. The highest BCUT2D eigenvalue weighted by atomic mass is 16.3. The van der Waals surface area contributed by atoms with Crippen LogP contribution in [0.3, 0.4) is 0 Å². The molecule has 0 unspecified atom stereocenters. The minimum absolute atomic E-state index is 0.308. The van der Waals surface area contributed by atoms with E-state index < -0.39 is 42.8 Å². The number of Topliss-reactive ketones (excluding diaryl/α,β-unsaturated/α-hetero) is 1. The largest absolute Gasteiger partial charge is 0.385 e. The van der Waals surface area contributed by atoms with Crippen molar-refractivity contribution in [2.75, 3.05) is 0 Å². The van der Waals surface area contributed by atoms with Gasteiger partial charge in [0, 0.05) is 19.6 Å². The minimum atomic E-state index is -2.70. The van der Waals surface area contributed by atoms with Crippen molar-refractivity contribution in [1.29, 1.82) is 0 Å². The van der Waals surface area contributed by atoms with Gasteiger partial charge in [0.05, 0.1) is 0 Å². The Morgan fingerprint density at radius 2 is 2.42 bits per heavy atom. The Morgan fingerprint density at radius 3 is 2.83 bits per heavy atom. The van der Waals surface area contributed by atoms with Crippen molar-refractivity contribution in [3.63, 3.8) is 0 Å². The van der Waals surface area contributed by atoms with Crippen LogP contribution in [-0.4, -0.2) is 17.0 Å². The molecule has 2 heteroatoms. The monoisotopic (exact) mass is 174 g/mol. The molecular formula is C10H16O2. The van der Waals surface area contributed by atoms with E-state index >= 15 is 0 Å². The smallest absolute Gasteiger partial charge is 0.164 e. The Balaban J connectivity index is 2.44. The number of fused-ring (bicyclic) bond motifs is 1. The molecule has 0 saturated heterocycles. The van der Waals surface area contributed by atoms with Gasteiger partial charge in [0.25, 0.3) is 0 Å². The van der Waals surface area contributed by atoms with Crippen LogP contribution in [0.2, 0.25) is 0 Å². The zero-order valence-corrected chi connectivity index (χ0v) is 6.87. The van der Waals surface area contributed by atoms with Crippen molar-refractivity contribution < 1.29 is 18.1 Å². The van der Waals surface area contributed by atoms with Gasteiger partial charge in [-0.3, -0.25) is 4.79 Å². The van der Waals surface area contributed by atoms with E-state index in [4.69, 9.17) is 8.22 Å². The molecule has 68 valence electrons. The van der Waals surface area contributed by atoms with Crippen LogP contribution >= 0.6 is 0 Å². The first-order valence-electron chi connectivity index (χ1n) is 7.16. The Labute approximate surface area is 81.4 Å². The Kier molecular flexibility index (Phi) is 0.665. The maximum absolute atomic E-state index is 11.7. The number of carbonyl (C=O) groups is 1. The summed E-state index contributed by atoms with van der Waals surface area (Å²) in [6.45, 7) is -3.78. The summed E-state index contributed by atoms with van der Waals surface area (Å²) in [5.41, 5.74) is -1.27. The number of aliphatic hydroxyl groups is 1. The SMILES string of the molecule is [2H]C([2H])([2H])C(C([2H])([2H])[2H])[C@@]12C[C@@H]1[C@@H](C)C(=O)[C@@H]2O. The van der Waals surface area contributed by atoms with Crippen molar-refractivity contribution >= 4 is 5.78 Å². The maximum atomic E-state index is 11.7. The fourth-order valence-corrected chi connectivity index (χ4v) is 2.48. The predicted molar refractivity (Wildman–Crippen MR) is 45.6 cm³/mol. The fraction of sp³-hybridized carbons (Fsp3) is 0.900. The lowest BCUT2D eigenvalue weighted by Gasteiger charge is -2.20. The first kappa shape index (κ1) is 3.79. The molecule has 2 aliphatic rings. The van der Waals surface area contributed by atoms with Gasteiger partial charge in [0.1, 0.15) is 6.10 Å². The van der Waals surface area contributed by atoms with Crippen LogP contribution in [0.1, 0.15) is 35.3 Å². The number of carbonyl (C=O) groups excluding carboxylic acids is 1. The van der Waals surface area contributed by atoms with Gasteiger partial charge in [-0.2, -0.15) is 0 Å². The molecule has 2 fully saturated rings. The van der Waals surface area contributed by atoms with Crippen LogP contribution in [-0.2, 0) is 4.79 Å². The van der Waals surface area contributed by atoms with Crippen molar-refractivity contribution in [2.45, 2.75) is 33.2 Å². The van der Waals surface area contributed by atoms with Crippen molar-refractivity contribution in [3.8, 4) is 0 Å². The second-order valence-electron chi connectivity index (χ2n) is 3.95. The molecule has 0 aromatic heterocycles. The molecular weight excluding hydrogens is 152 g/mol. The summed E-state index contributed by atoms with van der Waals surface area (Å²) in [6.07, 6.45) is -1.15. The van der Waals surface area contributed by atoms with Crippen molar-refractivity contribution in [1.82, 2.24) is 0 Å². The van der Waals surface area contributed by atoms with E-state index in [1.54, 1.807) is 6.92 Å². The van der Waals surface area contributed by atoms with Gasteiger partial charge in [-0.1, -0.05) is 20.6 Å². The van der Waals surface area contributed by atoms with Gasteiger partial charge < -0.3 is 5.11 Å². The molecule has 2 rings (SSSR count). The zero-order valence-electron chi connectivity index (χ0n) is 12.9. The van der Waals surface area contributed by atoms with Crippen LogP contribution in [0.4, 0.5) is 0 Å². The highest BCUT2D eigenvalue weighted by Gasteiger charge is 2.70. The van der Waals surface area contributed by atoms with E-state index in [2.05, 4.69) is 0 Å². The summed E-state index contributed by atoms with van der Waals surface area (Å²) in [5, 5.41) is 9.98. The average molecular weight is 174 g/mol. The lowest BCUT2D eigenvalue weighted by molar-refractivity contribution is -0.130. The van der Waals surface area contributed by atoms with E-state index in [0.717, 1.165) is 0 Å². The van der Waals surface area contributed by atoms with Crippen molar-refractivity contribution in [2.24, 2.45) is 23.2 Å². The molecule has 0 bridgehead atoms. The number of hydrogen-bond acceptors (Lipinski definition) is 2. The van der Waals surface area contributed by atoms with Crippen LogP contribution < -0.4 is 0 Å². The van der Waals surface area contributed by atoms with E-state index in [0.29, 0.717) is 6.42 Å². The third-order valence-corrected chi connectivity index (χ3v) is 3.47. The van der Waals surface area contributed by atoms with Gasteiger partial charge >= 0.3 is 0 Å². The molecule has 0 amide bonds. The number of rotatable bonds is 1. The van der Waals surface area contributed by atoms with Crippen molar-refractivity contribution in [3.05, 3.63) is 0 Å². The topological polar surface area (TPSA) is 37.3 Å². The standard InChI is InChI=1S/C10H16O2/c1-5(2)10-4-7(10)6(3)8(11)9(10)12/h5-7,9,12H,4H2,1-3H3/t6-,7-,9+,10+/m1/s1/i1D3,2D3. The fourth-order valence-electron chi connectivity index (χ4n) is 2.48. The molecule has 1 N–H and O–H groups in total. The molecule has 4 atom stereocenters.